The first kappa shape index (κ1) is 16.0. The monoisotopic (exact) mass is 342 g/mol. The van der Waals surface area contributed by atoms with Crippen molar-refractivity contribution in [3.05, 3.63) is 58.4 Å². The molecule has 23 heavy (non-hydrogen) atoms. The molecule has 0 bridgehead atoms. The summed E-state index contributed by atoms with van der Waals surface area (Å²) >= 11 is 3.18. The van der Waals surface area contributed by atoms with Gasteiger partial charge in [-0.05, 0) is 42.5 Å². The molecule has 3 nitrogen and oxygen atoms in total. The Morgan fingerprint density at radius 1 is 1.26 bits per heavy atom. The molecule has 3 rings (SSSR count). The van der Waals surface area contributed by atoms with Gasteiger partial charge >= 0.3 is 0 Å². The summed E-state index contributed by atoms with van der Waals surface area (Å²) in [5.74, 6) is -0.193. The summed E-state index contributed by atoms with van der Waals surface area (Å²) in [6.07, 6.45) is 2.96. The van der Waals surface area contributed by atoms with E-state index in [4.69, 9.17) is 0 Å². The van der Waals surface area contributed by atoms with Crippen LogP contribution in [0, 0.1) is 0 Å². The Hall–Kier alpha value is -1.85. The fourth-order valence-corrected chi connectivity index (χ4v) is 4.11. The Kier molecular flexibility index (Phi) is 4.68. The molecule has 0 unspecified atom stereocenters. The summed E-state index contributed by atoms with van der Waals surface area (Å²) in [6.45, 7) is 2.14. The number of benzene rings is 2. The highest BCUT2D eigenvalue weighted by atomic mass is 32.2. The van der Waals surface area contributed by atoms with Gasteiger partial charge in [-0.25, -0.2) is 0 Å². The maximum atomic E-state index is 12.5. The SMILES string of the molecule is CCc1cccc2sc(=NC(=O)c3cccc(SC)c3)n(C)c12. The van der Waals surface area contributed by atoms with Gasteiger partial charge in [0, 0.05) is 17.5 Å². The van der Waals surface area contributed by atoms with Crippen LogP contribution < -0.4 is 4.80 Å². The Balaban J connectivity index is 2.10. The van der Waals surface area contributed by atoms with Crippen LogP contribution in [0.25, 0.3) is 10.2 Å². The zero-order valence-electron chi connectivity index (χ0n) is 13.4. The molecule has 5 heteroatoms. The van der Waals surface area contributed by atoms with Crippen molar-refractivity contribution >= 4 is 39.2 Å². The number of rotatable bonds is 3. The number of hydrogen-bond donors (Lipinski definition) is 0. The molecular weight excluding hydrogens is 324 g/mol. The van der Waals surface area contributed by atoms with Crippen LogP contribution in [0.3, 0.4) is 0 Å². The van der Waals surface area contributed by atoms with E-state index in [2.05, 4.69) is 30.1 Å². The normalized spacial score (nSPS) is 12.0. The number of aromatic nitrogens is 1. The third-order valence-corrected chi connectivity index (χ3v) is 5.62. The van der Waals surface area contributed by atoms with Gasteiger partial charge in [0.1, 0.15) is 0 Å². The number of carbonyl (C=O) groups excluding carboxylic acids is 1. The van der Waals surface area contributed by atoms with Crippen molar-refractivity contribution in [3.8, 4) is 0 Å². The number of amides is 1. The molecule has 0 N–H and O–H groups in total. The summed E-state index contributed by atoms with van der Waals surface area (Å²) in [6, 6.07) is 13.9. The topological polar surface area (TPSA) is 34.4 Å². The van der Waals surface area contributed by atoms with Crippen molar-refractivity contribution < 1.29 is 4.79 Å². The highest BCUT2D eigenvalue weighted by Crippen LogP contribution is 2.21. The third kappa shape index (κ3) is 3.12. The molecule has 0 atom stereocenters. The highest BCUT2D eigenvalue weighted by Gasteiger charge is 2.09. The Labute approximate surface area is 143 Å². The second-order valence-electron chi connectivity index (χ2n) is 5.21. The lowest BCUT2D eigenvalue weighted by Crippen LogP contribution is -2.13. The number of thiazole rings is 1. The second-order valence-corrected chi connectivity index (χ2v) is 7.10. The van der Waals surface area contributed by atoms with Crippen molar-refractivity contribution in [1.82, 2.24) is 4.57 Å². The van der Waals surface area contributed by atoms with Gasteiger partial charge in [0.25, 0.3) is 5.91 Å². The lowest BCUT2D eigenvalue weighted by atomic mass is 10.1. The second kappa shape index (κ2) is 6.72. The summed E-state index contributed by atoms with van der Waals surface area (Å²) in [5.41, 5.74) is 3.08. The van der Waals surface area contributed by atoms with Crippen molar-refractivity contribution in [1.29, 1.82) is 0 Å². The van der Waals surface area contributed by atoms with Crippen LogP contribution >= 0.6 is 23.1 Å². The number of nitrogens with zero attached hydrogens (tertiary/aromatic N) is 2. The molecule has 0 aliphatic rings. The summed E-state index contributed by atoms with van der Waals surface area (Å²) < 4.78 is 3.19. The first-order chi connectivity index (χ1) is 11.1. The fraction of sp³-hybridized carbons (Fsp3) is 0.222. The van der Waals surface area contributed by atoms with Crippen LogP contribution in [0.4, 0.5) is 0 Å². The van der Waals surface area contributed by atoms with Crippen molar-refractivity contribution in [2.75, 3.05) is 6.26 Å². The van der Waals surface area contributed by atoms with E-state index in [1.165, 1.54) is 11.1 Å². The maximum Gasteiger partial charge on any atom is 0.279 e. The molecule has 0 fully saturated rings. The quantitative estimate of drug-likeness (QED) is 0.666. The molecule has 2 aromatic carbocycles. The lowest BCUT2D eigenvalue weighted by Gasteiger charge is -2.02. The zero-order valence-corrected chi connectivity index (χ0v) is 15.0. The summed E-state index contributed by atoms with van der Waals surface area (Å²) in [7, 11) is 1.97. The minimum absolute atomic E-state index is 0.193. The Bertz CT molecular complexity index is 938. The van der Waals surface area contributed by atoms with Gasteiger partial charge in [0.15, 0.2) is 4.80 Å². The molecular formula is C18H18N2OS2. The minimum atomic E-state index is -0.193. The lowest BCUT2D eigenvalue weighted by molar-refractivity contribution is 0.0997. The average Bonchev–Trinajstić information content (AvgIpc) is 2.91. The number of aryl methyl sites for hydroxylation is 2. The van der Waals surface area contributed by atoms with Gasteiger partial charge in [-0.15, -0.1) is 11.8 Å². The fourth-order valence-electron chi connectivity index (χ4n) is 2.58. The highest BCUT2D eigenvalue weighted by molar-refractivity contribution is 7.98. The standard InChI is InChI=1S/C18H18N2OS2/c1-4-12-7-6-10-15-16(12)20(2)18(23-15)19-17(21)13-8-5-9-14(11-13)22-3/h5-11H,4H2,1-3H3. The number of thioether (sulfide) groups is 1. The van der Waals surface area contributed by atoms with Crippen LogP contribution in [-0.4, -0.2) is 16.7 Å². The van der Waals surface area contributed by atoms with E-state index < -0.39 is 0 Å². The van der Waals surface area contributed by atoms with Crippen LogP contribution in [-0.2, 0) is 13.5 Å². The van der Waals surface area contributed by atoms with Gasteiger partial charge in [-0.1, -0.05) is 36.5 Å². The zero-order chi connectivity index (χ0) is 16.4. The van der Waals surface area contributed by atoms with Crippen molar-refractivity contribution in [2.45, 2.75) is 18.2 Å². The molecule has 3 aromatic rings. The average molecular weight is 342 g/mol. The van der Waals surface area contributed by atoms with E-state index in [1.54, 1.807) is 23.1 Å². The van der Waals surface area contributed by atoms with Crippen LogP contribution in [0.2, 0.25) is 0 Å². The summed E-state index contributed by atoms with van der Waals surface area (Å²) in [5, 5.41) is 0. The molecule has 118 valence electrons. The predicted octanol–water partition coefficient (Wildman–Crippen LogP) is 4.27. The van der Waals surface area contributed by atoms with Crippen LogP contribution in [0.1, 0.15) is 22.8 Å². The van der Waals surface area contributed by atoms with E-state index in [-0.39, 0.29) is 5.91 Å². The van der Waals surface area contributed by atoms with Gasteiger partial charge < -0.3 is 4.57 Å². The molecule has 1 heterocycles. The number of hydrogen-bond acceptors (Lipinski definition) is 3. The number of fused-ring (bicyclic) bond motifs is 1. The van der Waals surface area contributed by atoms with Gasteiger partial charge in [-0.3, -0.25) is 4.79 Å². The molecule has 1 amide bonds. The van der Waals surface area contributed by atoms with E-state index in [1.807, 2.05) is 42.1 Å². The van der Waals surface area contributed by atoms with Gasteiger partial charge in [0.05, 0.1) is 10.2 Å². The molecule has 0 saturated carbocycles. The Morgan fingerprint density at radius 2 is 2.04 bits per heavy atom. The smallest absolute Gasteiger partial charge is 0.279 e. The Morgan fingerprint density at radius 3 is 2.78 bits per heavy atom. The number of carbonyl (C=O) groups is 1. The molecule has 0 spiro atoms. The van der Waals surface area contributed by atoms with Crippen LogP contribution in [0.15, 0.2) is 52.4 Å². The molecule has 1 aromatic heterocycles. The van der Waals surface area contributed by atoms with Gasteiger partial charge in [0.2, 0.25) is 0 Å². The third-order valence-electron chi connectivity index (χ3n) is 3.80. The van der Waals surface area contributed by atoms with E-state index in [0.29, 0.717) is 5.56 Å². The first-order valence-corrected chi connectivity index (χ1v) is 9.48. The van der Waals surface area contributed by atoms with Crippen LogP contribution in [0.5, 0.6) is 0 Å². The van der Waals surface area contributed by atoms with E-state index in [0.717, 1.165) is 20.8 Å². The summed E-state index contributed by atoms with van der Waals surface area (Å²) in [4.78, 5) is 18.6. The molecule has 0 aliphatic carbocycles. The van der Waals surface area contributed by atoms with E-state index >= 15 is 0 Å². The molecule has 0 saturated heterocycles. The van der Waals surface area contributed by atoms with Crippen molar-refractivity contribution in [2.24, 2.45) is 12.0 Å². The number of para-hydroxylation sites is 1. The predicted molar refractivity (Wildman–Crippen MR) is 98.3 cm³/mol. The van der Waals surface area contributed by atoms with Gasteiger partial charge in [-0.2, -0.15) is 4.99 Å². The molecule has 0 aliphatic heterocycles. The maximum absolute atomic E-state index is 12.5. The largest absolute Gasteiger partial charge is 0.319 e. The van der Waals surface area contributed by atoms with Crippen molar-refractivity contribution in [3.63, 3.8) is 0 Å². The molecule has 0 radical (unpaired) electrons. The first-order valence-electron chi connectivity index (χ1n) is 7.44. The minimum Gasteiger partial charge on any atom is -0.319 e. The van der Waals surface area contributed by atoms with E-state index in [9.17, 15) is 4.79 Å².